The number of likely N-dealkylation sites (tertiary alicyclic amines) is 1. The summed E-state index contributed by atoms with van der Waals surface area (Å²) in [7, 11) is 3.83. The second-order valence-corrected chi connectivity index (χ2v) is 5.75. The van der Waals surface area contributed by atoms with E-state index in [1.807, 2.05) is 31.1 Å². The zero-order chi connectivity index (χ0) is 16.8. The van der Waals surface area contributed by atoms with Crippen molar-refractivity contribution in [3.05, 3.63) is 18.3 Å². The van der Waals surface area contributed by atoms with E-state index in [0.717, 1.165) is 5.82 Å². The fourth-order valence-electron chi connectivity index (χ4n) is 2.51. The van der Waals surface area contributed by atoms with Gasteiger partial charge in [0.05, 0.1) is 18.5 Å². The Morgan fingerprint density at radius 1 is 1.35 bits per heavy atom. The van der Waals surface area contributed by atoms with Gasteiger partial charge in [-0.1, -0.05) is 0 Å². The Balaban J connectivity index is 1.84. The first-order chi connectivity index (χ1) is 11.0. The number of amides is 2. The molecule has 126 valence electrons. The lowest BCUT2D eigenvalue weighted by Gasteiger charge is -2.30. The zero-order valence-electron chi connectivity index (χ0n) is 13.9. The van der Waals surface area contributed by atoms with Crippen molar-refractivity contribution in [2.24, 2.45) is 5.92 Å². The fraction of sp³-hybridized carbons (Fsp3) is 0.562. The summed E-state index contributed by atoms with van der Waals surface area (Å²) in [6, 6.07) is 3.70. The maximum absolute atomic E-state index is 12.3. The lowest BCUT2D eigenvalue weighted by atomic mass is 9.96. The van der Waals surface area contributed by atoms with E-state index < -0.39 is 0 Å². The number of pyridine rings is 1. The van der Waals surface area contributed by atoms with E-state index in [0.29, 0.717) is 38.2 Å². The maximum atomic E-state index is 12.3. The van der Waals surface area contributed by atoms with Gasteiger partial charge in [0.15, 0.2) is 0 Å². The molecule has 0 unspecified atom stereocenters. The van der Waals surface area contributed by atoms with Gasteiger partial charge in [0.2, 0.25) is 5.91 Å². The van der Waals surface area contributed by atoms with Crippen LogP contribution in [0.15, 0.2) is 18.3 Å². The lowest BCUT2D eigenvalue weighted by molar-refractivity contribution is -0.121. The highest BCUT2D eigenvalue weighted by atomic mass is 16.6. The number of carbonyl (C=O) groups excluding carboxylic acids is 2. The van der Waals surface area contributed by atoms with E-state index in [-0.39, 0.29) is 17.9 Å². The average molecular weight is 320 g/mol. The number of ether oxygens (including phenoxy) is 1. The van der Waals surface area contributed by atoms with Crippen LogP contribution < -0.4 is 10.2 Å². The lowest BCUT2D eigenvalue weighted by Crippen LogP contribution is -2.41. The van der Waals surface area contributed by atoms with Crippen LogP contribution in [0.2, 0.25) is 0 Å². The van der Waals surface area contributed by atoms with Gasteiger partial charge < -0.3 is 19.9 Å². The molecule has 0 aliphatic carbocycles. The summed E-state index contributed by atoms with van der Waals surface area (Å²) in [6.45, 7) is 3.26. The van der Waals surface area contributed by atoms with Gasteiger partial charge in [-0.2, -0.15) is 0 Å². The largest absolute Gasteiger partial charge is 0.450 e. The van der Waals surface area contributed by atoms with E-state index in [1.165, 1.54) is 0 Å². The number of hydrogen-bond acceptors (Lipinski definition) is 5. The molecule has 2 heterocycles. The highest BCUT2D eigenvalue weighted by Gasteiger charge is 2.27. The summed E-state index contributed by atoms with van der Waals surface area (Å²) < 4.78 is 4.98. The van der Waals surface area contributed by atoms with E-state index >= 15 is 0 Å². The second-order valence-electron chi connectivity index (χ2n) is 5.75. The molecule has 2 rings (SSSR count). The Morgan fingerprint density at radius 3 is 2.57 bits per heavy atom. The van der Waals surface area contributed by atoms with E-state index in [1.54, 1.807) is 18.0 Å². The average Bonchev–Trinajstić information content (AvgIpc) is 2.55. The molecule has 1 aromatic rings. The normalized spacial score (nSPS) is 15.2. The van der Waals surface area contributed by atoms with Crippen molar-refractivity contribution in [3.8, 4) is 0 Å². The monoisotopic (exact) mass is 320 g/mol. The Morgan fingerprint density at radius 2 is 2.04 bits per heavy atom. The van der Waals surface area contributed by atoms with Crippen molar-refractivity contribution in [2.75, 3.05) is 44.0 Å². The maximum Gasteiger partial charge on any atom is 0.409 e. The molecule has 7 nitrogen and oxygen atoms in total. The van der Waals surface area contributed by atoms with Crippen molar-refractivity contribution in [1.29, 1.82) is 0 Å². The third kappa shape index (κ3) is 4.58. The number of hydrogen-bond donors (Lipinski definition) is 1. The number of aromatic nitrogens is 1. The van der Waals surface area contributed by atoms with Gasteiger partial charge >= 0.3 is 6.09 Å². The number of carbonyl (C=O) groups is 2. The molecule has 0 atom stereocenters. The minimum Gasteiger partial charge on any atom is -0.450 e. The van der Waals surface area contributed by atoms with Gasteiger partial charge in [0.1, 0.15) is 5.82 Å². The van der Waals surface area contributed by atoms with Gasteiger partial charge in [-0.05, 0) is 31.9 Å². The van der Waals surface area contributed by atoms with Crippen LogP contribution in [0, 0.1) is 5.92 Å². The van der Waals surface area contributed by atoms with Gasteiger partial charge in [-0.25, -0.2) is 9.78 Å². The predicted octanol–water partition coefficient (Wildman–Crippen LogP) is 1.95. The number of piperidine rings is 1. The number of nitrogens with one attached hydrogen (secondary N) is 1. The van der Waals surface area contributed by atoms with Gasteiger partial charge in [-0.15, -0.1) is 0 Å². The highest BCUT2D eigenvalue weighted by molar-refractivity contribution is 5.92. The summed E-state index contributed by atoms with van der Waals surface area (Å²) in [5.74, 6) is 0.729. The molecule has 7 heteroatoms. The van der Waals surface area contributed by atoms with Crippen molar-refractivity contribution in [1.82, 2.24) is 9.88 Å². The highest BCUT2D eigenvalue weighted by Crippen LogP contribution is 2.20. The van der Waals surface area contributed by atoms with Crippen LogP contribution in [0.1, 0.15) is 19.8 Å². The third-order valence-corrected chi connectivity index (χ3v) is 3.87. The van der Waals surface area contributed by atoms with Crippen LogP contribution in [0.3, 0.4) is 0 Å². The van der Waals surface area contributed by atoms with Crippen molar-refractivity contribution >= 4 is 23.5 Å². The molecular weight excluding hydrogens is 296 g/mol. The van der Waals surface area contributed by atoms with E-state index in [2.05, 4.69) is 10.3 Å². The van der Waals surface area contributed by atoms with Crippen LogP contribution in [-0.2, 0) is 9.53 Å². The van der Waals surface area contributed by atoms with Gasteiger partial charge in [-0.3, -0.25) is 4.79 Å². The quantitative estimate of drug-likeness (QED) is 0.918. The molecule has 23 heavy (non-hydrogen) atoms. The number of rotatable bonds is 4. The molecule has 1 saturated heterocycles. The van der Waals surface area contributed by atoms with Gasteiger partial charge in [0.25, 0.3) is 0 Å². The topological polar surface area (TPSA) is 74.8 Å². The van der Waals surface area contributed by atoms with Crippen LogP contribution in [0.25, 0.3) is 0 Å². The minimum absolute atomic E-state index is 0.0205. The molecule has 1 fully saturated rings. The third-order valence-electron chi connectivity index (χ3n) is 3.87. The first kappa shape index (κ1) is 17.1. The molecular formula is C16H24N4O3. The Labute approximate surface area is 136 Å². The zero-order valence-corrected chi connectivity index (χ0v) is 13.9. The fourth-order valence-corrected chi connectivity index (χ4v) is 2.51. The number of anilines is 2. The first-order valence-electron chi connectivity index (χ1n) is 7.87. The van der Waals surface area contributed by atoms with Crippen LogP contribution in [0.5, 0.6) is 0 Å². The van der Waals surface area contributed by atoms with Crippen LogP contribution in [0.4, 0.5) is 16.3 Å². The number of nitrogens with zero attached hydrogens (tertiary/aromatic N) is 3. The van der Waals surface area contributed by atoms with Crippen molar-refractivity contribution < 1.29 is 14.3 Å². The summed E-state index contributed by atoms with van der Waals surface area (Å²) in [4.78, 5) is 31.8. The summed E-state index contributed by atoms with van der Waals surface area (Å²) in [6.07, 6.45) is 2.65. The van der Waals surface area contributed by atoms with Crippen LogP contribution in [-0.4, -0.2) is 55.7 Å². The molecule has 1 aliphatic rings. The van der Waals surface area contributed by atoms with Crippen LogP contribution >= 0.6 is 0 Å². The Hall–Kier alpha value is -2.31. The molecule has 0 bridgehead atoms. The Kier molecular flexibility index (Phi) is 5.78. The summed E-state index contributed by atoms with van der Waals surface area (Å²) in [5, 5.41) is 2.89. The van der Waals surface area contributed by atoms with Gasteiger partial charge in [0, 0.05) is 33.1 Å². The van der Waals surface area contributed by atoms with Crippen molar-refractivity contribution in [3.63, 3.8) is 0 Å². The molecule has 2 amide bonds. The predicted molar refractivity (Wildman–Crippen MR) is 88.5 cm³/mol. The second kappa shape index (κ2) is 7.80. The Bertz CT molecular complexity index is 537. The molecule has 1 N–H and O–H groups in total. The van der Waals surface area contributed by atoms with Crippen molar-refractivity contribution in [2.45, 2.75) is 19.8 Å². The summed E-state index contributed by atoms with van der Waals surface area (Å²) in [5.41, 5.74) is 0.688. The minimum atomic E-state index is -0.296. The first-order valence-corrected chi connectivity index (χ1v) is 7.87. The molecule has 0 saturated carbocycles. The molecule has 0 aromatic carbocycles. The van der Waals surface area contributed by atoms with E-state index in [4.69, 9.17) is 4.74 Å². The standard InChI is InChI=1S/C16H24N4O3/c1-4-23-16(22)20-9-7-12(8-10-20)15(21)18-13-5-6-14(17-11-13)19(2)3/h5-6,11-12H,4,7-10H2,1-3H3,(H,18,21). The molecule has 0 spiro atoms. The molecule has 0 radical (unpaired) electrons. The smallest absolute Gasteiger partial charge is 0.409 e. The molecule has 1 aliphatic heterocycles. The molecule has 1 aromatic heterocycles. The summed E-state index contributed by atoms with van der Waals surface area (Å²) >= 11 is 0. The van der Waals surface area contributed by atoms with E-state index in [9.17, 15) is 9.59 Å². The SMILES string of the molecule is CCOC(=O)N1CCC(C(=O)Nc2ccc(N(C)C)nc2)CC1.